The first-order chi connectivity index (χ1) is 9.02. The molecule has 0 bridgehead atoms. The van der Waals surface area contributed by atoms with Crippen LogP contribution in [0.3, 0.4) is 0 Å². The lowest BCUT2D eigenvalue weighted by Gasteiger charge is -2.19. The molecule has 1 aliphatic heterocycles. The molecule has 1 aromatic carbocycles. The van der Waals surface area contributed by atoms with Crippen molar-refractivity contribution >= 4 is 17.6 Å². The molecule has 1 fully saturated rings. The molecule has 0 spiro atoms. The number of hydrogen-bond acceptors (Lipinski definition) is 3. The summed E-state index contributed by atoms with van der Waals surface area (Å²) in [5, 5.41) is 0. The number of carbonyl (C=O) groups is 2. The largest absolute Gasteiger partial charge is 0.466 e. The standard InChI is InChI=1S/C15H19NO3/c1-4-19-15(18)12-8-14(17)16(9-12)13-7-10(2)5-6-11(13)3/h5-7,12H,4,8-9H2,1-3H3/t12-/m0/s1. The number of esters is 1. The Morgan fingerprint density at radius 1 is 1.42 bits per heavy atom. The maximum absolute atomic E-state index is 12.1. The first-order valence-corrected chi connectivity index (χ1v) is 6.57. The van der Waals surface area contributed by atoms with Crippen molar-refractivity contribution in [3.63, 3.8) is 0 Å². The number of aryl methyl sites for hydroxylation is 2. The molecule has 0 N–H and O–H groups in total. The summed E-state index contributed by atoms with van der Waals surface area (Å²) in [5.74, 6) is -0.622. The van der Waals surface area contributed by atoms with E-state index in [1.165, 1.54) is 0 Å². The molecule has 1 heterocycles. The van der Waals surface area contributed by atoms with Crippen LogP contribution in [-0.4, -0.2) is 25.0 Å². The Morgan fingerprint density at radius 2 is 2.16 bits per heavy atom. The minimum Gasteiger partial charge on any atom is -0.466 e. The summed E-state index contributed by atoms with van der Waals surface area (Å²) in [4.78, 5) is 25.5. The zero-order chi connectivity index (χ0) is 14.0. The Bertz CT molecular complexity index is 510. The topological polar surface area (TPSA) is 46.6 Å². The molecule has 1 aromatic rings. The van der Waals surface area contributed by atoms with Gasteiger partial charge in [-0.25, -0.2) is 0 Å². The van der Waals surface area contributed by atoms with Crippen LogP contribution in [0.15, 0.2) is 18.2 Å². The lowest BCUT2D eigenvalue weighted by atomic mass is 10.1. The molecule has 1 aliphatic rings. The van der Waals surface area contributed by atoms with Gasteiger partial charge >= 0.3 is 5.97 Å². The quantitative estimate of drug-likeness (QED) is 0.784. The molecule has 0 radical (unpaired) electrons. The summed E-state index contributed by atoms with van der Waals surface area (Å²) < 4.78 is 4.99. The van der Waals surface area contributed by atoms with Crippen molar-refractivity contribution in [1.82, 2.24) is 0 Å². The number of rotatable bonds is 3. The SMILES string of the molecule is CCOC(=O)[C@H]1CC(=O)N(c2cc(C)ccc2C)C1. The Morgan fingerprint density at radius 3 is 2.84 bits per heavy atom. The van der Waals surface area contributed by atoms with Gasteiger partial charge in [-0.1, -0.05) is 12.1 Å². The van der Waals surface area contributed by atoms with Gasteiger partial charge in [-0.05, 0) is 38.0 Å². The van der Waals surface area contributed by atoms with E-state index in [0.717, 1.165) is 16.8 Å². The minimum absolute atomic E-state index is 0.00764. The number of carbonyl (C=O) groups excluding carboxylic acids is 2. The van der Waals surface area contributed by atoms with Crippen LogP contribution in [0.1, 0.15) is 24.5 Å². The number of anilines is 1. The van der Waals surface area contributed by atoms with E-state index < -0.39 is 0 Å². The number of nitrogens with zero attached hydrogens (tertiary/aromatic N) is 1. The van der Waals surface area contributed by atoms with Crippen LogP contribution in [0.2, 0.25) is 0 Å². The summed E-state index contributed by atoms with van der Waals surface area (Å²) in [6.45, 7) is 6.51. The predicted octanol–water partition coefficient (Wildman–Crippen LogP) is 2.22. The van der Waals surface area contributed by atoms with E-state index in [2.05, 4.69) is 0 Å². The molecule has 0 unspecified atom stereocenters. The Kier molecular flexibility index (Phi) is 3.88. The van der Waals surface area contributed by atoms with Crippen LogP contribution >= 0.6 is 0 Å². The summed E-state index contributed by atoms with van der Waals surface area (Å²) in [6, 6.07) is 6.00. The van der Waals surface area contributed by atoms with Gasteiger partial charge in [0.2, 0.25) is 5.91 Å². The van der Waals surface area contributed by atoms with Crippen LogP contribution < -0.4 is 4.90 Å². The van der Waals surface area contributed by atoms with Crippen LogP contribution in [0.4, 0.5) is 5.69 Å². The van der Waals surface area contributed by atoms with E-state index in [0.29, 0.717) is 13.2 Å². The van der Waals surface area contributed by atoms with Crippen molar-refractivity contribution in [3.05, 3.63) is 29.3 Å². The number of ether oxygens (including phenoxy) is 1. The Balaban J connectivity index is 2.20. The highest BCUT2D eigenvalue weighted by molar-refractivity contribution is 6.00. The normalized spacial score (nSPS) is 18.8. The highest BCUT2D eigenvalue weighted by Crippen LogP contribution is 2.29. The van der Waals surface area contributed by atoms with Crippen LogP contribution in [0, 0.1) is 19.8 Å². The summed E-state index contributed by atoms with van der Waals surface area (Å²) in [6.07, 6.45) is 0.242. The second-order valence-electron chi connectivity index (χ2n) is 4.95. The second-order valence-corrected chi connectivity index (χ2v) is 4.95. The van der Waals surface area contributed by atoms with Crippen molar-refractivity contribution < 1.29 is 14.3 Å². The molecule has 0 saturated carbocycles. The molecule has 1 saturated heterocycles. The maximum Gasteiger partial charge on any atom is 0.311 e. The highest BCUT2D eigenvalue weighted by atomic mass is 16.5. The van der Waals surface area contributed by atoms with Gasteiger partial charge in [0.25, 0.3) is 0 Å². The van der Waals surface area contributed by atoms with E-state index >= 15 is 0 Å². The molecular formula is C15H19NO3. The van der Waals surface area contributed by atoms with Gasteiger partial charge in [-0.3, -0.25) is 9.59 Å². The summed E-state index contributed by atoms with van der Waals surface area (Å²) >= 11 is 0. The van der Waals surface area contributed by atoms with Crippen LogP contribution in [-0.2, 0) is 14.3 Å². The van der Waals surface area contributed by atoms with E-state index in [9.17, 15) is 9.59 Å². The molecular weight excluding hydrogens is 242 g/mol. The van der Waals surface area contributed by atoms with E-state index in [1.807, 2.05) is 32.0 Å². The van der Waals surface area contributed by atoms with Gasteiger partial charge in [0.05, 0.1) is 12.5 Å². The monoisotopic (exact) mass is 261 g/mol. The predicted molar refractivity (Wildman–Crippen MR) is 73.0 cm³/mol. The molecule has 0 aliphatic carbocycles. The van der Waals surface area contributed by atoms with Gasteiger partial charge in [0, 0.05) is 18.7 Å². The van der Waals surface area contributed by atoms with Crippen LogP contribution in [0.5, 0.6) is 0 Å². The fourth-order valence-electron chi connectivity index (χ4n) is 2.37. The van der Waals surface area contributed by atoms with Crippen molar-refractivity contribution in [2.24, 2.45) is 5.92 Å². The van der Waals surface area contributed by atoms with Crippen LogP contribution in [0.25, 0.3) is 0 Å². The average molecular weight is 261 g/mol. The van der Waals surface area contributed by atoms with Gasteiger partial charge in [-0.15, -0.1) is 0 Å². The average Bonchev–Trinajstić information content (AvgIpc) is 2.75. The molecule has 1 amide bonds. The van der Waals surface area contributed by atoms with E-state index in [4.69, 9.17) is 4.74 Å². The third-order valence-corrected chi connectivity index (χ3v) is 3.40. The molecule has 2 rings (SSSR count). The number of amides is 1. The molecule has 102 valence electrons. The minimum atomic E-state index is -0.340. The van der Waals surface area contributed by atoms with Gasteiger partial charge in [-0.2, -0.15) is 0 Å². The maximum atomic E-state index is 12.1. The molecule has 4 nitrogen and oxygen atoms in total. The molecule has 1 atom stereocenters. The van der Waals surface area contributed by atoms with Crippen molar-refractivity contribution in [2.75, 3.05) is 18.1 Å². The summed E-state index contributed by atoms with van der Waals surface area (Å²) in [5.41, 5.74) is 3.05. The lowest BCUT2D eigenvalue weighted by molar-refractivity contribution is -0.147. The third-order valence-electron chi connectivity index (χ3n) is 3.40. The Labute approximate surface area is 113 Å². The number of benzene rings is 1. The highest BCUT2D eigenvalue weighted by Gasteiger charge is 2.36. The lowest BCUT2D eigenvalue weighted by Crippen LogP contribution is -2.27. The van der Waals surface area contributed by atoms with Gasteiger partial charge in [0.15, 0.2) is 0 Å². The Hall–Kier alpha value is -1.84. The van der Waals surface area contributed by atoms with Gasteiger partial charge in [0.1, 0.15) is 0 Å². The molecule has 4 heteroatoms. The fraction of sp³-hybridized carbons (Fsp3) is 0.467. The fourth-order valence-corrected chi connectivity index (χ4v) is 2.37. The van der Waals surface area contributed by atoms with E-state index in [-0.39, 0.29) is 24.2 Å². The summed E-state index contributed by atoms with van der Waals surface area (Å²) in [7, 11) is 0. The van der Waals surface area contributed by atoms with Gasteiger partial charge < -0.3 is 9.64 Å². The second kappa shape index (κ2) is 5.43. The zero-order valence-corrected chi connectivity index (χ0v) is 11.6. The molecule has 19 heavy (non-hydrogen) atoms. The van der Waals surface area contributed by atoms with Crippen molar-refractivity contribution in [2.45, 2.75) is 27.2 Å². The third kappa shape index (κ3) is 2.78. The van der Waals surface area contributed by atoms with Crippen molar-refractivity contribution in [1.29, 1.82) is 0 Å². The van der Waals surface area contributed by atoms with Crippen molar-refractivity contribution in [3.8, 4) is 0 Å². The van der Waals surface area contributed by atoms with E-state index in [1.54, 1.807) is 11.8 Å². The smallest absolute Gasteiger partial charge is 0.311 e. The number of hydrogen-bond donors (Lipinski definition) is 0. The molecule has 0 aromatic heterocycles. The zero-order valence-electron chi connectivity index (χ0n) is 11.6. The first kappa shape index (κ1) is 13.6. The first-order valence-electron chi connectivity index (χ1n) is 6.57.